The predicted molar refractivity (Wildman–Crippen MR) is 79.6 cm³/mol. The van der Waals surface area contributed by atoms with E-state index < -0.39 is 0 Å². The third kappa shape index (κ3) is 1.85. The summed E-state index contributed by atoms with van der Waals surface area (Å²) in [6.07, 6.45) is 3.56. The van der Waals surface area contributed by atoms with Gasteiger partial charge in [-0.25, -0.2) is 4.99 Å². The van der Waals surface area contributed by atoms with Crippen LogP contribution in [0.25, 0.3) is 0 Å². The largest absolute Gasteiger partial charge is 0.467 e. The van der Waals surface area contributed by atoms with Crippen LogP contribution in [-0.2, 0) is 0 Å². The van der Waals surface area contributed by atoms with Crippen molar-refractivity contribution in [1.29, 1.82) is 0 Å². The predicted octanol–water partition coefficient (Wildman–Crippen LogP) is 3.26. The Bertz CT molecular complexity index is 626. The first-order valence-electron chi connectivity index (χ1n) is 6.78. The van der Waals surface area contributed by atoms with Crippen LogP contribution in [0.5, 0.6) is 0 Å². The Morgan fingerprint density at radius 1 is 1.30 bits per heavy atom. The lowest BCUT2D eigenvalue weighted by atomic mass is 10.0. The van der Waals surface area contributed by atoms with Crippen molar-refractivity contribution < 1.29 is 4.42 Å². The van der Waals surface area contributed by atoms with Gasteiger partial charge >= 0.3 is 0 Å². The number of fused-ring (bicyclic) bond motifs is 1. The molecule has 4 heterocycles. The fraction of sp³-hybridized carbons (Fsp3) is 0.333. The van der Waals surface area contributed by atoms with Crippen LogP contribution in [0.15, 0.2) is 52.2 Å². The summed E-state index contributed by atoms with van der Waals surface area (Å²) >= 11 is 1.84. The molecule has 4 nitrogen and oxygen atoms in total. The lowest BCUT2D eigenvalue weighted by molar-refractivity contribution is 0.275. The first kappa shape index (κ1) is 12.0. The number of aliphatic imine (C=N–C) groups is 1. The number of hydrogen-bond acceptors (Lipinski definition) is 5. The highest BCUT2D eigenvalue weighted by atomic mass is 32.2. The van der Waals surface area contributed by atoms with Crippen molar-refractivity contribution in [3.05, 3.63) is 54.2 Å². The van der Waals surface area contributed by atoms with Gasteiger partial charge in [0.1, 0.15) is 17.8 Å². The lowest BCUT2D eigenvalue weighted by Gasteiger charge is -2.24. The summed E-state index contributed by atoms with van der Waals surface area (Å²) in [5.41, 5.74) is 1.00. The fourth-order valence-corrected chi connectivity index (χ4v) is 3.98. The lowest BCUT2D eigenvalue weighted by Crippen LogP contribution is -2.28. The molecule has 1 fully saturated rings. The zero-order chi connectivity index (χ0) is 13.5. The van der Waals surface area contributed by atoms with Crippen molar-refractivity contribution in [3.8, 4) is 0 Å². The molecule has 0 aromatic carbocycles. The van der Waals surface area contributed by atoms with E-state index in [1.54, 1.807) is 6.26 Å². The van der Waals surface area contributed by atoms with E-state index in [4.69, 9.17) is 9.41 Å². The number of hydrogen-bond donors (Lipinski definition) is 0. The van der Waals surface area contributed by atoms with Crippen LogP contribution >= 0.6 is 11.8 Å². The van der Waals surface area contributed by atoms with Gasteiger partial charge in [0.2, 0.25) is 0 Å². The third-order valence-corrected chi connectivity index (χ3v) is 4.82. The summed E-state index contributed by atoms with van der Waals surface area (Å²) in [5.74, 6) is 0.967. The maximum Gasteiger partial charge on any atom is 0.161 e. The zero-order valence-corrected chi connectivity index (χ0v) is 12.0. The van der Waals surface area contributed by atoms with Gasteiger partial charge in [-0.2, -0.15) is 0 Å². The fourth-order valence-electron chi connectivity index (χ4n) is 2.88. The van der Waals surface area contributed by atoms with E-state index in [9.17, 15) is 0 Å². The summed E-state index contributed by atoms with van der Waals surface area (Å²) in [6.45, 7) is 3.25. The second-order valence-corrected chi connectivity index (χ2v) is 6.56. The SMILES string of the molecule is C[C@H]1CN2C(=N[C@@H](c3ccccn3)[C@@H]2c2ccco2)S1. The van der Waals surface area contributed by atoms with Gasteiger partial charge < -0.3 is 9.32 Å². The van der Waals surface area contributed by atoms with Crippen LogP contribution in [0, 0.1) is 0 Å². The Morgan fingerprint density at radius 3 is 3.00 bits per heavy atom. The molecule has 0 saturated carbocycles. The third-order valence-electron chi connectivity index (χ3n) is 3.72. The minimum Gasteiger partial charge on any atom is -0.467 e. The monoisotopic (exact) mass is 285 g/mol. The highest BCUT2D eigenvalue weighted by molar-refractivity contribution is 8.14. The van der Waals surface area contributed by atoms with Gasteiger partial charge in [-0.1, -0.05) is 24.8 Å². The van der Waals surface area contributed by atoms with Gasteiger partial charge in [0, 0.05) is 18.0 Å². The van der Waals surface area contributed by atoms with Gasteiger partial charge in [0.15, 0.2) is 5.17 Å². The molecule has 4 rings (SSSR count). The first-order chi connectivity index (χ1) is 9.83. The van der Waals surface area contributed by atoms with E-state index >= 15 is 0 Å². The van der Waals surface area contributed by atoms with E-state index in [0.717, 1.165) is 23.2 Å². The summed E-state index contributed by atoms with van der Waals surface area (Å²) in [6, 6.07) is 10.1. The summed E-state index contributed by atoms with van der Waals surface area (Å²) in [4.78, 5) is 11.7. The van der Waals surface area contributed by atoms with E-state index in [1.165, 1.54) is 0 Å². The van der Waals surface area contributed by atoms with Crippen LogP contribution in [0.3, 0.4) is 0 Å². The Labute approximate surface area is 121 Å². The number of furan rings is 1. The summed E-state index contributed by atoms with van der Waals surface area (Å²) in [7, 11) is 0. The molecule has 0 amide bonds. The molecule has 2 aromatic rings. The molecule has 0 unspecified atom stereocenters. The second kappa shape index (κ2) is 4.66. The van der Waals surface area contributed by atoms with E-state index in [0.29, 0.717) is 5.25 Å². The van der Waals surface area contributed by atoms with Crippen LogP contribution in [-0.4, -0.2) is 26.8 Å². The van der Waals surface area contributed by atoms with E-state index in [-0.39, 0.29) is 12.1 Å². The van der Waals surface area contributed by atoms with Crippen LogP contribution in [0.2, 0.25) is 0 Å². The number of rotatable bonds is 2. The Hall–Kier alpha value is -1.75. The topological polar surface area (TPSA) is 41.6 Å². The van der Waals surface area contributed by atoms with Crippen LogP contribution in [0.1, 0.15) is 30.5 Å². The molecule has 0 spiro atoms. The second-order valence-electron chi connectivity index (χ2n) is 5.15. The van der Waals surface area contributed by atoms with Crippen molar-refractivity contribution in [3.63, 3.8) is 0 Å². The van der Waals surface area contributed by atoms with Gasteiger partial charge in [-0.15, -0.1) is 0 Å². The van der Waals surface area contributed by atoms with Gasteiger partial charge in [-0.05, 0) is 24.3 Å². The molecule has 20 heavy (non-hydrogen) atoms. The normalized spacial score (nSPS) is 28.6. The summed E-state index contributed by atoms with van der Waals surface area (Å²) < 4.78 is 5.66. The average molecular weight is 285 g/mol. The van der Waals surface area contributed by atoms with Crippen LogP contribution in [0.4, 0.5) is 0 Å². The van der Waals surface area contributed by atoms with E-state index in [2.05, 4.69) is 16.8 Å². The molecular weight excluding hydrogens is 270 g/mol. The van der Waals surface area contributed by atoms with Crippen molar-refractivity contribution in [2.24, 2.45) is 4.99 Å². The molecule has 2 aromatic heterocycles. The van der Waals surface area contributed by atoms with Gasteiger partial charge in [0.05, 0.1) is 12.0 Å². The molecule has 1 saturated heterocycles. The smallest absolute Gasteiger partial charge is 0.161 e. The molecule has 0 bridgehead atoms. The molecule has 0 N–H and O–H groups in total. The molecular formula is C15H15N3OS. The Morgan fingerprint density at radius 2 is 2.25 bits per heavy atom. The van der Waals surface area contributed by atoms with Crippen molar-refractivity contribution in [1.82, 2.24) is 9.88 Å². The molecule has 2 aliphatic heterocycles. The van der Waals surface area contributed by atoms with Crippen LogP contribution < -0.4 is 0 Å². The molecule has 5 heteroatoms. The summed E-state index contributed by atoms with van der Waals surface area (Å²) in [5, 5.41) is 1.70. The van der Waals surface area contributed by atoms with Crippen molar-refractivity contribution in [2.45, 2.75) is 24.3 Å². The molecule has 102 valence electrons. The highest BCUT2D eigenvalue weighted by Gasteiger charge is 2.44. The number of aromatic nitrogens is 1. The average Bonchev–Trinajstić information content (AvgIpc) is 3.14. The first-order valence-corrected chi connectivity index (χ1v) is 7.66. The number of thioether (sulfide) groups is 1. The molecule has 3 atom stereocenters. The minimum absolute atomic E-state index is 0.0253. The Balaban J connectivity index is 1.77. The standard InChI is InChI=1S/C15H15N3OS/c1-10-9-18-14(12-6-4-8-19-12)13(17-15(18)20-10)11-5-2-3-7-16-11/h2-8,10,13-14H,9H2,1H3/t10-,13-,14-/m0/s1. The maximum atomic E-state index is 5.66. The van der Waals surface area contributed by atoms with Gasteiger partial charge in [0.25, 0.3) is 0 Å². The number of nitrogens with zero attached hydrogens (tertiary/aromatic N) is 3. The molecule has 0 aliphatic carbocycles. The highest BCUT2D eigenvalue weighted by Crippen LogP contribution is 2.47. The van der Waals surface area contributed by atoms with Crippen molar-refractivity contribution in [2.75, 3.05) is 6.54 Å². The van der Waals surface area contributed by atoms with Crippen molar-refractivity contribution >= 4 is 16.9 Å². The Kier molecular flexibility index (Phi) is 2.80. The maximum absolute atomic E-state index is 5.66. The number of pyridine rings is 1. The molecule has 0 radical (unpaired) electrons. The quantitative estimate of drug-likeness (QED) is 0.849. The minimum atomic E-state index is 0.0253. The molecule has 2 aliphatic rings. The zero-order valence-electron chi connectivity index (χ0n) is 11.1. The number of amidine groups is 1. The van der Waals surface area contributed by atoms with Gasteiger partial charge in [-0.3, -0.25) is 4.98 Å². The van der Waals surface area contributed by atoms with E-state index in [1.807, 2.05) is 48.3 Å².